The van der Waals surface area contributed by atoms with Crippen LogP contribution in [0.3, 0.4) is 0 Å². The molecule has 0 radical (unpaired) electrons. The molecule has 1 atom stereocenters. The van der Waals surface area contributed by atoms with Gasteiger partial charge in [-0.3, -0.25) is 14.2 Å². The highest BCUT2D eigenvalue weighted by atomic mass is 79.9. The molecule has 0 spiro atoms. The lowest BCUT2D eigenvalue weighted by atomic mass is 9.95. The molecule has 0 saturated heterocycles. The first-order valence-corrected chi connectivity index (χ1v) is 16.9. The van der Waals surface area contributed by atoms with Gasteiger partial charge >= 0.3 is 0 Å². The van der Waals surface area contributed by atoms with E-state index in [0.29, 0.717) is 44.4 Å². The normalized spacial score (nSPS) is 14.4. The Bertz CT molecular complexity index is 2380. The molecule has 1 aromatic heterocycles. The zero-order valence-corrected chi connectivity index (χ0v) is 28.5. The summed E-state index contributed by atoms with van der Waals surface area (Å²) in [7, 11) is 1.59. The number of aromatic nitrogens is 1. The molecule has 9 heteroatoms. The fraction of sp³-hybridized carbons (Fsp3) is 0.103. The molecule has 7 rings (SSSR count). The maximum absolute atomic E-state index is 14.5. The second-order valence-electron chi connectivity index (χ2n) is 11.3. The van der Waals surface area contributed by atoms with E-state index < -0.39 is 6.04 Å². The molecular formula is C39H30BrN3O4S. The van der Waals surface area contributed by atoms with Crippen LogP contribution in [0, 0.1) is 0 Å². The van der Waals surface area contributed by atoms with Gasteiger partial charge < -0.3 is 14.8 Å². The number of hydrogen-bond acceptors (Lipinski definition) is 6. The predicted octanol–water partition coefficient (Wildman–Crippen LogP) is 7.38. The smallest absolute Gasteiger partial charge is 0.271 e. The molecule has 5 aromatic carbocycles. The van der Waals surface area contributed by atoms with Crippen molar-refractivity contribution in [2.75, 3.05) is 12.4 Å². The number of allylic oxidation sites excluding steroid dienone is 1. The summed E-state index contributed by atoms with van der Waals surface area (Å²) < 4.78 is 15.0. The Morgan fingerprint density at radius 2 is 1.73 bits per heavy atom. The molecule has 0 unspecified atom stereocenters. The Balaban J connectivity index is 1.37. The zero-order chi connectivity index (χ0) is 33.2. The van der Waals surface area contributed by atoms with E-state index in [2.05, 4.69) is 21.2 Å². The Labute approximate surface area is 289 Å². The number of carbonyl (C=O) groups excluding carboxylic acids is 1. The van der Waals surface area contributed by atoms with Gasteiger partial charge in [-0.25, -0.2) is 4.99 Å². The van der Waals surface area contributed by atoms with E-state index in [1.165, 1.54) is 11.3 Å². The van der Waals surface area contributed by atoms with Gasteiger partial charge in [0.1, 0.15) is 18.1 Å². The van der Waals surface area contributed by atoms with Crippen LogP contribution < -0.4 is 29.7 Å². The SMILES string of the molecule is COc1cccc([C@@H]2C(C(=O)Nc3ccccc3)=C(C)N=c3s/c(=C\c4c(OCc5ccc(Br)cc5)ccc5ccccc45)c(=O)n32)c1. The van der Waals surface area contributed by atoms with Gasteiger partial charge in [-0.05, 0) is 77.4 Å². The summed E-state index contributed by atoms with van der Waals surface area (Å²) in [4.78, 5) is 33.8. The monoisotopic (exact) mass is 715 g/mol. The van der Waals surface area contributed by atoms with E-state index in [4.69, 9.17) is 14.5 Å². The molecule has 2 heterocycles. The number of ether oxygens (including phenoxy) is 2. The summed E-state index contributed by atoms with van der Waals surface area (Å²) in [6.07, 6.45) is 1.88. The van der Waals surface area contributed by atoms with Crippen molar-refractivity contribution in [2.24, 2.45) is 4.99 Å². The van der Waals surface area contributed by atoms with Crippen LogP contribution in [-0.2, 0) is 11.4 Å². The molecule has 0 bridgehead atoms. The first-order chi connectivity index (χ1) is 23.4. The highest BCUT2D eigenvalue weighted by Gasteiger charge is 2.33. The van der Waals surface area contributed by atoms with Gasteiger partial charge in [0.25, 0.3) is 11.5 Å². The number of para-hydroxylation sites is 1. The third-order valence-corrected chi connectivity index (χ3v) is 9.73. The van der Waals surface area contributed by atoms with Gasteiger partial charge in [0, 0.05) is 15.7 Å². The Kier molecular flexibility index (Phi) is 8.80. The Hall–Kier alpha value is -5.25. The van der Waals surface area contributed by atoms with E-state index in [9.17, 15) is 9.59 Å². The van der Waals surface area contributed by atoms with Crippen LogP contribution >= 0.6 is 27.3 Å². The highest BCUT2D eigenvalue weighted by Crippen LogP contribution is 2.33. The molecule has 6 aromatic rings. The van der Waals surface area contributed by atoms with Crippen molar-refractivity contribution >= 4 is 55.7 Å². The molecule has 0 saturated carbocycles. The Morgan fingerprint density at radius 3 is 2.52 bits per heavy atom. The van der Waals surface area contributed by atoms with E-state index in [1.54, 1.807) is 11.7 Å². The predicted molar refractivity (Wildman–Crippen MR) is 194 cm³/mol. The largest absolute Gasteiger partial charge is 0.497 e. The number of nitrogens with zero attached hydrogens (tertiary/aromatic N) is 2. The van der Waals surface area contributed by atoms with E-state index in [-0.39, 0.29) is 11.5 Å². The zero-order valence-electron chi connectivity index (χ0n) is 26.1. The molecule has 1 aliphatic rings. The summed E-state index contributed by atoms with van der Waals surface area (Å²) in [5.41, 5.74) is 3.87. The van der Waals surface area contributed by atoms with E-state index in [0.717, 1.165) is 31.9 Å². The fourth-order valence-electron chi connectivity index (χ4n) is 5.88. The minimum atomic E-state index is -0.733. The van der Waals surface area contributed by atoms with Crippen LogP contribution in [0.2, 0.25) is 0 Å². The summed E-state index contributed by atoms with van der Waals surface area (Å²) in [5, 5.41) is 4.98. The Morgan fingerprint density at radius 1 is 0.958 bits per heavy atom. The number of benzene rings is 5. The molecule has 7 nitrogen and oxygen atoms in total. The average molecular weight is 717 g/mol. The van der Waals surface area contributed by atoms with E-state index >= 15 is 0 Å². The number of hydrogen-bond donors (Lipinski definition) is 1. The van der Waals surface area contributed by atoms with Crippen molar-refractivity contribution < 1.29 is 14.3 Å². The van der Waals surface area contributed by atoms with E-state index in [1.807, 2.05) is 128 Å². The minimum absolute atomic E-state index is 0.254. The van der Waals surface area contributed by atoms with Crippen molar-refractivity contribution in [2.45, 2.75) is 19.6 Å². The maximum Gasteiger partial charge on any atom is 0.271 e. The lowest BCUT2D eigenvalue weighted by Gasteiger charge is -2.25. The molecule has 1 N–H and O–H groups in total. The molecule has 0 fully saturated rings. The molecule has 0 aliphatic carbocycles. The van der Waals surface area contributed by atoms with Crippen LogP contribution in [-0.4, -0.2) is 17.6 Å². The molecule has 1 amide bonds. The van der Waals surface area contributed by atoms with Crippen LogP contribution in [0.4, 0.5) is 5.69 Å². The number of carbonyl (C=O) groups is 1. The minimum Gasteiger partial charge on any atom is -0.497 e. The quantitative estimate of drug-likeness (QED) is 0.178. The van der Waals surface area contributed by atoms with Crippen LogP contribution in [0.15, 0.2) is 141 Å². The highest BCUT2D eigenvalue weighted by molar-refractivity contribution is 9.10. The third-order valence-electron chi connectivity index (χ3n) is 8.22. The van der Waals surface area contributed by atoms with Gasteiger partial charge in [0.2, 0.25) is 0 Å². The fourth-order valence-corrected chi connectivity index (χ4v) is 7.17. The summed E-state index contributed by atoms with van der Waals surface area (Å²) in [5.74, 6) is 0.948. The number of nitrogens with one attached hydrogen (secondary N) is 1. The van der Waals surface area contributed by atoms with Gasteiger partial charge in [0.15, 0.2) is 4.80 Å². The second kappa shape index (κ2) is 13.5. The second-order valence-corrected chi connectivity index (χ2v) is 13.2. The van der Waals surface area contributed by atoms with Gasteiger partial charge in [-0.1, -0.05) is 100 Å². The van der Waals surface area contributed by atoms with Crippen LogP contribution in [0.1, 0.15) is 29.7 Å². The van der Waals surface area contributed by atoms with Crippen molar-refractivity contribution in [3.8, 4) is 11.5 Å². The standard InChI is InChI=1S/C39H30BrN3O4S/c1-24-35(37(44)42-29-11-4-3-5-12-29)36(27-10-8-13-30(21-27)46-2)43-38(45)34(48-39(43)41-24)22-32-31-14-7-6-9-26(31)17-20-33(32)47-23-25-15-18-28(40)19-16-25/h3-22,36H,23H2,1-2H3,(H,42,44)/b34-22-/t36-/m1/s1. The van der Waals surface area contributed by atoms with Crippen molar-refractivity contribution in [1.29, 1.82) is 0 Å². The molecular weight excluding hydrogens is 686 g/mol. The first kappa shape index (κ1) is 31.4. The molecule has 1 aliphatic heterocycles. The topological polar surface area (TPSA) is 81.9 Å². The lowest BCUT2D eigenvalue weighted by Crippen LogP contribution is -2.40. The first-order valence-electron chi connectivity index (χ1n) is 15.3. The number of anilines is 1. The number of halogens is 1. The van der Waals surface area contributed by atoms with Crippen molar-refractivity contribution in [3.05, 3.63) is 167 Å². The van der Waals surface area contributed by atoms with Crippen molar-refractivity contribution in [1.82, 2.24) is 4.57 Å². The van der Waals surface area contributed by atoms with Crippen LogP contribution in [0.5, 0.6) is 11.5 Å². The molecule has 238 valence electrons. The van der Waals surface area contributed by atoms with Crippen LogP contribution in [0.25, 0.3) is 16.8 Å². The lowest BCUT2D eigenvalue weighted by molar-refractivity contribution is -0.113. The number of rotatable bonds is 8. The number of thiazole rings is 1. The summed E-state index contributed by atoms with van der Waals surface area (Å²) in [6.45, 7) is 2.17. The molecule has 48 heavy (non-hydrogen) atoms. The number of fused-ring (bicyclic) bond motifs is 2. The maximum atomic E-state index is 14.5. The van der Waals surface area contributed by atoms with Gasteiger partial charge in [0.05, 0.1) is 29.0 Å². The number of methoxy groups -OCH3 is 1. The summed E-state index contributed by atoms with van der Waals surface area (Å²) >= 11 is 4.78. The summed E-state index contributed by atoms with van der Waals surface area (Å²) in [6, 6.07) is 35.9. The number of amides is 1. The van der Waals surface area contributed by atoms with Crippen molar-refractivity contribution in [3.63, 3.8) is 0 Å². The average Bonchev–Trinajstić information content (AvgIpc) is 3.41. The van der Waals surface area contributed by atoms with Gasteiger partial charge in [-0.2, -0.15) is 0 Å². The third kappa shape index (κ3) is 6.22. The van der Waals surface area contributed by atoms with Gasteiger partial charge in [-0.15, -0.1) is 0 Å².